The first-order valence-corrected chi connectivity index (χ1v) is 3.83. The molecule has 1 fully saturated rings. The van der Waals surface area contributed by atoms with Crippen LogP contribution in [0, 0.1) is 5.92 Å². The van der Waals surface area contributed by atoms with Crippen LogP contribution in [0.15, 0.2) is 0 Å². The van der Waals surface area contributed by atoms with Crippen LogP contribution in [-0.4, -0.2) is 36.6 Å². The van der Waals surface area contributed by atoms with E-state index >= 15 is 0 Å². The minimum atomic E-state index is -0.353. The summed E-state index contributed by atoms with van der Waals surface area (Å²) in [6, 6.07) is 0. The van der Waals surface area contributed by atoms with Crippen molar-refractivity contribution in [1.82, 2.24) is 4.90 Å². The summed E-state index contributed by atoms with van der Waals surface area (Å²) in [4.78, 5) is 24.1. The molecular formula is C8H14ClNO2. The van der Waals surface area contributed by atoms with Gasteiger partial charge in [-0.2, -0.15) is 0 Å². The molecule has 0 N–H and O–H groups in total. The van der Waals surface area contributed by atoms with Crippen LogP contribution >= 0.6 is 12.4 Å². The molecule has 1 atom stereocenters. The van der Waals surface area contributed by atoms with E-state index in [0.29, 0.717) is 13.0 Å². The SMILES string of the molecule is CC(=O)C1CN(C)CCC1=O.Cl. The predicted octanol–water partition coefficient (Wildman–Crippen LogP) is 0.518. The minimum Gasteiger partial charge on any atom is -0.305 e. The summed E-state index contributed by atoms with van der Waals surface area (Å²) in [6.45, 7) is 2.89. The summed E-state index contributed by atoms with van der Waals surface area (Å²) in [5.41, 5.74) is 0. The maximum absolute atomic E-state index is 11.1. The lowest BCUT2D eigenvalue weighted by molar-refractivity contribution is -0.134. The van der Waals surface area contributed by atoms with Gasteiger partial charge in [-0.25, -0.2) is 0 Å². The van der Waals surface area contributed by atoms with Crippen molar-refractivity contribution in [3.63, 3.8) is 0 Å². The normalized spacial score (nSPS) is 24.8. The first-order chi connectivity index (χ1) is 5.11. The van der Waals surface area contributed by atoms with E-state index in [2.05, 4.69) is 0 Å². The third-order valence-corrected chi connectivity index (χ3v) is 2.11. The number of halogens is 1. The van der Waals surface area contributed by atoms with Crippen molar-refractivity contribution in [2.75, 3.05) is 20.1 Å². The van der Waals surface area contributed by atoms with E-state index in [-0.39, 0.29) is 29.9 Å². The molecule has 0 aliphatic carbocycles. The van der Waals surface area contributed by atoms with Gasteiger partial charge in [0.15, 0.2) is 0 Å². The highest BCUT2D eigenvalue weighted by Crippen LogP contribution is 2.11. The predicted molar refractivity (Wildman–Crippen MR) is 48.5 cm³/mol. The molecule has 0 aromatic heterocycles. The largest absolute Gasteiger partial charge is 0.305 e. The third-order valence-electron chi connectivity index (χ3n) is 2.11. The minimum absolute atomic E-state index is 0. The van der Waals surface area contributed by atoms with Crippen LogP contribution in [0.5, 0.6) is 0 Å². The molecule has 12 heavy (non-hydrogen) atoms. The molecule has 0 saturated carbocycles. The number of hydrogen-bond donors (Lipinski definition) is 0. The molecule has 0 spiro atoms. The molecule has 4 heteroatoms. The average molecular weight is 192 g/mol. The van der Waals surface area contributed by atoms with Crippen LogP contribution in [0.3, 0.4) is 0 Å². The van der Waals surface area contributed by atoms with Gasteiger partial charge in [-0.15, -0.1) is 12.4 Å². The van der Waals surface area contributed by atoms with Gasteiger partial charge in [0.25, 0.3) is 0 Å². The summed E-state index contributed by atoms with van der Waals surface area (Å²) >= 11 is 0. The van der Waals surface area contributed by atoms with Gasteiger partial charge in [-0.1, -0.05) is 0 Å². The third kappa shape index (κ3) is 2.57. The van der Waals surface area contributed by atoms with Crippen LogP contribution < -0.4 is 0 Å². The Labute approximate surface area is 78.5 Å². The van der Waals surface area contributed by atoms with E-state index in [4.69, 9.17) is 0 Å². The zero-order valence-electron chi connectivity index (χ0n) is 7.37. The summed E-state index contributed by atoms with van der Waals surface area (Å²) in [5.74, 6) is -0.245. The Kier molecular flexibility index (Phi) is 4.42. The van der Waals surface area contributed by atoms with Crippen molar-refractivity contribution in [1.29, 1.82) is 0 Å². The number of ketones is 2. The number of likely N-dealkylation sites (tertiary alicyclic amines) is 1. The van der Waals surface area contributed by atoms with Crippen molar-refractivity contribution in [3.05, 3.63) is 0 Å². The van der Waals surface area contributed by atoms with Crippen molar-refractivity contribution >= 4 is 24.0 Å². The number of Topliss-reactive ketones (excluding diaryl/α,β-unsaturated/α-hetero) is 2. The van der Waals surface area contributed by atoms with Crippen LogP contribution in [0.25, 0.3) is 0 Å². The van der Waals surface area contributed by atoms with Gasteiger partial charge in [0, 0.05) is 19.5 Å². The molecule has 1 rings (SSSR count). The molecule has 3 nitrogen and oxygen atoms in total. The Morgan fingerprint density at radius 1 is 1.58 bits per heavy atom. The highest BCUT2D eigenvalue weighted by Gasteiger charge is 2.28. The lowest BCUT2D eigenvalue weighted by Crippen LogP contribution is -2.41. The highest BCUT2D eigenvalue weighted by atomic mass is 35.5. The average Bonchev–Trinajstić information content (AvgIpc) is 1.94. The van der Waals surface area contributed by atoms with Gasteiger partial charge in [-0.3, -0.25) is 9.59 Å². The fourth-order valence-electron chi connectivity index (χ4n) is 1.34. The Hall–Kier alpha value is -0.410. The Bertz CT molecular complexity index is 193. The second-order valence-corrected chi connectivity index (χ2v) is 3.14. The number of carbonyl (C=O) groups excluding carboxylic acids is 2. The molecule has 1 saturated heterocycles. The number of rotatable bonds is 1. The molecule has 0 aromatic carbocycles. The van der Waals surface area contributed by atoms with E-state index in [9.17, 15) is 9.59 Å². The van der Waals surface area contributed by atoms with E-state index in [1.165, 1.54) is 6.92 Å². The zero-order chi connectivity index (χ0) is 8.43. The topological polar surface area (TPSA) is 37.4 Å². The fourth-order valence-corrected chi connectivity index (χ4v) is 1.34. The van der Waals surface area contributed by atoms with E-state index in [1.54, 1.807) is 0 Å². The van der Waals surface area contributed by atoms with E-state index in [0.717, 1.165) is 6.54 Å². The number of nitrogens with zero attached hydrogens (tertiary/aromatic N) is 1. The monoisotopic (exact) mass is 191 g/mol. The molecule has 0 amide bonds. The van der Waals surface area contributed by atoms with Gasteiger partial charge in [0.1, 0.15) is 11.6 Å². The summed E-state index contributed by atoms with van der Waals surface area (Å²) in [6.07, 6.45) is 0.529. The van der Waals surface area contributed by atoms with Gasteiger partial charge in [0.2, 0.25) is 0 Å². The number of hydrogen-bond acceptors (Lipinski definition) is 3. The van der Waals surface area contributed by atoms with E-state index in [1.807, 2.05) is 11.9 Å². The molecule has 0 radical (unpaired) electrons. The molecule has 0 aromatic rings. The Morgan fingerprint density at radius 3 is 2.58 bits per heavy atom. The molecule has 1 heterocycles. The van der Waals surface area contributed by atoms with Crippen LogP contribution in [0.4, 0.5) is 0 Å². The van der Waals surface area contributed by atoms with Gasteiger partial charge in [-0.05, 0) is 14.0 Å². The molecule has 1 aliphatic heterocycles. The molecule has 70 valence electrons. The summed E-state index contributed by atoms with van der Waals surface area (Å²) < 4.78 is 0. The maximum Gasteiger partial charge on any atom is 0.145 e. The Morgan fingerprint density at radius 2 is 2.17 bits per heavy atom. The van der Waals surface area contributed by atoms with Gasteiger partial charge in [0.05, 0.1) is 5.92 Å². The van der Waals surface area contributed by atoms with Gasteiger partial charge >= 0.3 is 0 Å². The highest BCUT2D eigenvalue weighted by molar-refractivity contribution is 6.02. The van der Waals surface area contributed by atoms with Crippen molar-refractivity contribution in [2.45, 2.75) is 13.3 Å². The smallest absolute Gasteiger partial charge is 0.145 e. The molecular weight excluding hydrogens is 178 g/mol. The fraction of sp³-hybridized carbons (Fsp3) is 0.750. The Balaban J connectivity index is 0.00000121. The first kappa shape index (κ1) is 11.6. The molecule has 1 unspecified atom stereocenters. The standard InChI is InChI=1S/C8H13NO2.ClH/c1-6(10)7-5-9(2)4-3-8(7)11;/h7H,3-5H2,1-2H3;1H. The number of carbonyl (C=O) groups is 2. The van der Waals surface area contributed by atoms with E-state index < -0.39 is 0 Å². The number of piperidine rings is 1. The van der Waals surface area contributed by atoms with Crippen LogP contribution in [-0.2, 0) is 9.59 Å². The van der Waals surface area contributed by atoms with Crippen molar-refractivity contribution in [3.8, 4) is 0 Å². The van der Waals surface area contributed by atoms with Crippen molar-refractivity contribution < 1.29 is 9.59 Å². The lowest BCUT2D eigenvalue weighted by atomic mass is 9.94. The van der Waals surface area contributed by atoms with Crippen LogP contribution in [0.1, 0.15) is 13.3 Å². The zero-order valence-corrected chi connectivity index (χ0v) is 8.19. The summed E-state index contributed by atoms with van der Waals surface area (Å²) in [7, 11) is 1.93. The summed E-state index contributed by atoms with van der Waals surface area (Å²) in [5, 5.41) is 0. The molecule has 0 bridgehead atoms. The molecule has 1 aliphatic rings. The second-order valence-electron chi connectivity index (χ2n) is 3.14. The van der Waals surface area contributed by atoms with Crippen molar-refractivity contribution in [2.24, 2.45) is 5.92 Å². The maximum atomic E-state index is 11.1. The van der Waals surface area contributed by atoms with Crippen LogP contribution in [0.2, 0.25) is 0 Å². The lowest BCUT2D eigenvalue weighted by Gasteiger charge is -2.26. The first-order valence-electron chi connectivity index (χ1n) is 3.83. The second kappa shape index (κ2) is 4.58. The quantitative estimate of drug-likeness (QED) is 0.567. The van der Waals surface area contributed by atoms with Gasteiger partial charge < -0.3 is 4.90 Å².